The number of hydrogen-bond acceptors (Lipinski definition) is 8. The van der Waals surface area contributed by atoms with E-state index in [2.05, 4.69) is 52.6 Å². The smallest absolute Gasteiger partial charge is 0.305 e. The lowest BCUT2D eigenvalue weighted by atomic mass is 10.1. The normalized spacial score (nSPS) is 14.1. The summed E-state index contributed by atoms with van der Waals surface area (Å²) in [4.78, 5) is 28.1. The van der Waals surface area contributed by atoms with Crippen molar-refractivity contribution in [1.82, 2.24) is 19.5 Å². The van der Waals surface area contributed by atoms with Crippen LogP contribution in [0.3, 0.4) is 0 Å². The van der Waals surface area contributed by atoms with E-state index in [1.165, 1.54) is 0 Å². The van der Waals surface area contributed by atoms with Gasteiger partial charge in [-0.1, -0.05) is 30.7 Å². The summed E-state index contributed by atoms with van der Waals surface area (Å²) in [6.45, 7) is 10.7. The van der Waals surface area contributed by atoms with E-state index < -0.39 is 0 Å². The van der Waals surface area contributed by atoms with Gasteiger partial charge >= 0.3 is 5.97 Å². The summed E-state index contributed by atoms with van der Waals surface area (Å²) < 4.78 is 18.4. The van der Waals surface area contributed by atoms with Gasteiger partial charge < -0.3 is 23.7 Å². The Kier molecular flexibility index (Phi) is 9.24. The van der Waals surface area contributed by atoms with Crippen LogP contribution in [0.15, 0.2) is 30.6 Å². The number of rotatable bonds is 12. The second-order valence-electron chi connectivity index (χ2n) is 9.25. The molecule has 0 amide bonds. The molecule has 3 aromatic rings. The van der Waals surface area contributed by atoms with Crippen molar-refractivity contribution in [3.05, 3.63) is 36.2 Å². The van der Waals surface area contributed by atoms with Crippen molar-refractivity contribution >= 4 is 23.1 Å². The van der Waals surface area contributed by atoms with Crippen LogP contribution in [0, 0.1) is 0 Å². The lowest BCUT2D eigenvalue weighted by molar-refractivity contribution is -0.143. The van der Waals surface area contributed by atoms with Crippen LogP contribution in [0.4, 0.5) is 5.95 Å². The van der Waals surface area contributed by atoms with Crippen molar-refractivity contribution in [3.8, 4) is 11.3 Å². The minimum absolute atomic E-state index is 0.118. The van der Waals surface area contributed by atoms with Crippen molar-refractivity contribution in [2.24, 2.45) is 0 Å². The standard InChI is InChI=1S/C27H37N5O4/c1-4-36-23(33)8-6-5-7-15-35-18-21-9-11-22(12-10-21)24-25-26(32(19-28-25)20(2)3)30-27(29-24)31-13-16-34-17-14-31/h9-12,19-20H,4-8,13-18H2,1-3H3. The molecule has 0 bridgehead atoms. The van der Waals surface area contributed by atoms with Gasteiger partial charge in [-0.05, 0) is 39.2 Å². The first-order chi connectivity index (χ1) is 17.6. The summed E-state index contributed by atoms with van der Waals surface area (Å²) in [7, 11) is 0. The summed E-state index contributed by atoms with van der Waals surface area (Å²) in [5.41, 5.74) is 4.62. The van der Waals surface area contributed by atoms with Gasteiger partial charge in [-0.3, -0.25) is 4.79 Å². The highest BCUT2D eigenvalue weighted by molar-refractivity contribution is 5.88. The Bertz CT molecular complexity index is 1120. The third-order valence-electron chi connectivity index (χ3n) is 6.23. The molecule has 0 N–H and O–H groups in total. The minimum atomic E-state index is -0.118. The van der Waals surface area contributed by atoms with E-state index in [0.717, 1.165) is 66.3 Å². The number of unbranched alkanes of at least 4 members (excludes halogenated alkanes) is 2. The first kappa shape index (κ1) is 26.0. The molecule has 3 heterocycles. The second kappa shape index (κ2) is 12.8. The van der Waals surface area contributed by atoms with E-state index in [9.17, 15) is 4.79 Å². The van der Waals surface area contributed by atoms with Gasteiger partial charge in [-0.25, -0.2) is 9.97 Å². The zero-order chi connectivity index (χ0) is 25.3. The molecule has 1 aliphatic heterocycles. The van der Waals surface area contributed by atoms with E-state index in [1.54, 1.807) is 0 Å². The molecule has 0 unspecified atom stereocenters. The molecule has 4 rings (SSSR count). The number of hydrogen-bond donors (Lipinski definition) is 0. The van der Waals surface area contributed by atoms with Crippen molar-refractivity contribution in [2.45, 2.75) is 59.1 Å². The van der Waals surface area contributed by atoms with Crippen LogP contribution in [0.5, 0.6) is 0 Å². The number of esters is 1. The Morgan fingerprint density at radius 2 is 1.86 bits per heavy atom. The van der Waals surface area contributed by atoms with Crippen LogP contribution < -0.4 is 4.90 Å². The molecule has 0 atom stereocenters. The predicted molar refractivity (Wildman–Crippen MR) is 139 cm³/mol. The summed E-state index contributed by atoms with van der Waals surface area (Å²) in [5.74, 6) is 0.603. The second-order valence-corrected chi connectivity index (χ2v) is 9.25. The van der Waals surface area contributed by atoms with Crippen LogP contribution in [0.25, 0.3) is 22.4 Å². The van der Waals surface area contributed by atoms with Gasteiger partial charge in [0.15, 0.2) is 5.65 Å². The number of fused-ring (bicyclic) bond motifs is 1. The number of morpholine rings is 1. The molecule has 1 saturated heterocycles. The fourth-order valence-electron chi connectivity index (χ4n) is 4.22. The molecule has 194 valence electrons. The molecule has 9 nitrogen and oxygen atoms in total. The maximum atomic E-state index is 11.4. The molecule has 1 fully saturated rings. The van der Waals surface area contributed by atoms with Crippen LogP contribution >= 0.6 is 0 Å². The highest BCUT2D eigenvalue weighted by Crippen LogP contribution is 2.29. The Morgan fingerprint density at radius 3 is 2.58 bits per heavy atom. The largest absolute Gasteiger partial charge is 0.466 e. The predicted octanol–water partition coefficient (Wildman–Crippen LogP) is 4.55. The maximum absolute atomic E-state index is 11.4. The first-order valence-electron chi connectivity index (χ1n) is 13.0. The number of anilines is 1. The average molecular weight is 496 g/mol. The molecule has 0 aliphatic carbocycles. The van der Waals surface area contributed by atoms with E-state index in [4.69, 9.17) is 24.2 Å². The number of aromatic nitrogens is 4. The fourth-order valence-corrected chi connectivity index (χ4v) is 4.22. The Hall–Kier alpha value is -3.04. The van der Waals surface area contributed by atoms with Crippen molar-refractivity contribution in [1.29, 1.82) is 0 Å². The molecule has 0 saturated carbocycles. The van der Waals surface area contributed by atoms with Crippen molar-refractivity contribution in [3.63, 3.8) is 0 Å². The van der Waals surface area contributed by atoms with Gasteiger partial charge in [0.05, 0.1) is 32.8 Å². The number of nitrogens with zero attached hydrogens (tertiary/aromatic N) is 5. The van der Waals surface area contributed by atoms with Crippen LogP contribution in [-0.4, -0.2) is 65.0 Å². The molecule has 9 heteroatoms. The topological polar surface area (TPSA) is 91.6 Å². The lowest BCUT2D eigenvalue weighted by Gasteiger charge is -2.27. The average Bonchev–Trinajstić information content (AvgIpc) is 3.33. The van der Waals surface area contributed by atoms with Gasteiger partial charge in [0.1, 0.15) is 11.2 Å². The Morgan fingerprint density at radius 1 is 1.08 bits per heavy atom. The van der Waals surface area contributed by atoms with Gasteiger partial charge in [0.2, 0.25) is 5.95 Å². The Balaban J connectivity index is 1.40. The fraction of sp³-hybridized carbons (Fsp3) is 0.556. The number of benzene rings is 1. The number of imidazole rings is 1. The first-order valence-corrected chi connectivity index (χ1v) is 13.0. The summed E-state index contributed by atoms with van der Waals surface area (Å²) in [5, 5.41) is 0. The van der Waals surface area contributed by atoms with Crippen LogP contribution in [-0.2, 0) is 25.6 Å². The molecule has 2 aromatic heterocycles. The lowest BCUT2D eigenvalue weighted by Crippen LogP contribution is -2.37. The molecular weight excluding hydrogens is 458 g/mol. The van der Waals surface area contributed by atoms with E-state index in [-0.39, 0.29) is 12.0 Å². The monoisotopic (exact) mass is 495 g/mol. The van der Waals surface area contributed by atoms with Gasteiger partial charge in [0, 0.05) is 37.7 Å². The highest BCUT2D eigenvalue weighted by atomic mass is 16.5. The number of carbonyl (C=O) groups excluding carboxylic acids is 1. The van der Waals surface area contributed by atoms with Gasteiger partial charge in [-0.2, -0.15) is 4.98 Å². The van der Waals surface area contributed by atoms with Crippen molar-refractivity contribution < 1.29 is 19.0 Å². The number of carbonyl (C=O) groups is 1. The third-order valence-corrected chi connectivity index (χ3v) is 6.23. The number of ether oxygens (including phenoxy) is 3. The van der Waals surface area contributed by atoms with Gasteiger partial charge in [-0.15, -0.1) is 0 Å². The van der Waals surface area contributed by atoms with E-state index >= 15 is 0 Å². The zero-order valence-electron chi connectivity index (χ0n) is 21.6. The molecule has 0 spiro atoms. The molecule has 36 heavy (non-hydrogen) atoms. The summed E-state index contributed by atoms with van der Waals surface area (Å²) in [6.07, 6.45) is 5.05. The highest BCUT2D eigenvalue weighted by Gasteiger charge is 2.20. The third kappa shape index (κ3) is 6.59. The zero-order valence-corrected chi connectivity index (χ0v) is 21.6. The van der Waals surface area contributed by atoms with Crippen LogP contribution in [0.2, 0.25) is 0 Å². The molecule has 0 radical (unpaired) electrons. The maximum Gasteiger partial charge on any atom is 0.305 e. The quantitative estimate of drug-likeness (QED) is 0.267. The van der Waals surface area contributed by atoms with E-state index in [1.807, 2.05) is 13.3 Å². The minimum Gasteiger partial charge on any atom is -0.466 e. The van der Waals surface area contributed by atoms with Crippen molar-refractivity contribution in [2.75, 3.05) is 44.4 Å². The molecular formula is C27H37N5O4. The summed E-state index contributed by atoms with van der Waals surface area (Å²) in [6, 6.07) is 8.57. The Labute approximate surface area is 212 Å². The SMILES string of the molecule is CCOC(=O)CCCCCOCc1ccc(-c2nc(N3CCOCC3)nc3c2ncn3C(C)C)cc1. The molecule has 1 aliphatic rings. The van der Waals surface area contributed by atoms with Crippen LogP contribution in [0.1, 0.15) is 58.1 Å². The van der Waals surface area contributed by atoms with Gasteiger partial charge in [0.25, 0.3) is 0 Å². The van der Waals surface area contributed by atoms with E-state index in [0.29, 0.717) is 39.5 Å². The summed E-state index contributed by atoms with van der Waals surface area (Å²) >= 11 is 0. The molecule has 1 aromatic carbocycles.